The molecule has 14 nitrogen and oxygen atoms in total. The molecule has 0 amide bonds. The van der Waals surface area contributed by atoms with Crippen molar-refractivity contribution >= 4 is 0 Å². The second-order valence-electron chi connectivity index (χ2n) is 37.6. The van der Waals surface area contributed by atoms with Gasteiger partial charge in [0.25, 0.3) is 0 Å². The first kappa shape index (κ1) is 102. The first-order valence-electron chi connectivity index (χ1n) is 49.7. The van der Waals surface area contributed by atoms with Crippen molar-refractivity contribution in [3.63, 3.8) is 0 Å². The van der Waals surface area contributed by atoms with Gasteiger partial charge >= 0.3 is 0 Å². The first-order chi connectivity index (χ1) is 69.3. The Balaban J connectivity index is 0.000000128. The van der Waals surface area contributed by atoms with Gasteiger partial charge in [0.1, 0.15) is 61.8 Å². The minimum absolute atomic E-state index is 0.150. The summed E-state index contributed by atoms with van der Waals surface area (Å²) < 4.78 is 76.6. The van der Waals surface area contributed by atoms with E-state index in [4.69, 9.17) is 66.3 Å². The summed E-state index contributed by atoms with van der Waals surface area (Å²) in [6.07, 6.45) is 0. The van der Waals surface area contributed by atoms with Crippen molar-refractivity contribution in [1.82, 2.24) is 0 Å². The van der Waals surface area contributed by atoms with E-state index >= 15 is 0 Å². The molecule has 732 valence electrons. The smallest absolute Gasteiger partial charge is 0.122 e. The Morgan fingerprint density at radius 2 is 0.282 bits per heavy atom. The Kier molecular flexibility index (Phi) is 33.9. The molecule has 0 N–H and O–H groups in total. The molecule has 0 unspecified atom stereocenters. The fraction of sp³-hybridized carbons (Fsp3) is 0.297. The summed E-state index contributed by atoms with van der Waals surface area (Å²) >= 11 is 0. The molecular weight excluding hydrogens is 1760 g/mol. The number of hydrogen-bond acceptors (Lipinski definition) is 14. The van der Waals surface area contributed by atoms with Crippen LogP contribution in [-0.4, -0.2) is 154 Å². The Morgan fingerprint density at radius 1 is 0.155 bits per heavy atom. The quantitative estimate of drug-likeness (QED) is 0.0342. The highest BCUT2D eigenvalue weighted by molar-refractivity contribution is 5.88. The molecule has 14 heteroatoms. The zero-order valence-electron chi connectivity index (χ0n) is 85.2. The van der Waals surface area contributed by atoms with Gasteiger partial charge in [-0.05, 0) is 266 Å². The van der Waals surface area contributed by atoms with E-state index < -0.39 is 0 Å². The lowest BCUT2D eigenvalue weighted by molar-refractivity contribution is 0.0179. The van der Waals surface area contributed by atoms with E-state index in [2.05, 4.69) is 403 Å². The van der Waals surface area contributed by atoms with Crippen molar-refractivity contribution in [2.75, 3.05) is 154 Å². The van der Waals surface area contributed by atoms with Crippen LogP contribution in [-0.2, 0) is 69.7 Å². The Hall–Kier alpha value is -13.1. The third kappa shape index (κ3) is 21.1. The van der Waals surface area contributed by atoms with Crippen molar-refractivity contribution in [2.45, 2.75) is 96.3 Å². The van der Waals surface area contributed by atoms with Gasteiger partial charge in [0.05, 0.1) is 85.9 Å². The molecule has 0 saturated carbocycles. The maximum absolute atomic E-state index is 5.99. The van der Waals surface area contributed by atoms with Gasteiger partial charge in [0, 0.05) is 62.6 Å². The molecule has 0 spiro atoms. The van der Waals surface area contributed by atoms with E-state index in [1.54, 1.807) is 35.5 Å². The number of fused-ring (bicyclic) bond motifs is 15. The van der Waals surface area contributed by atoms with Gasteiger partial charge in [-0.25, -0.2) is 0 Å². The zero-order valence-corrected chi connectivity index (χ0v) is 85.2. The fourth-order valence-electron chi connectivity index (χ4n) is 21.5. The monoisotopic (exact) mass is 1900 g/mol. The van der Waals surface area contributed by atoms with Gasteiger partial charge in [-0.2, -0.15) is 0 Å². The van der Waals surface area contributed by atoms with Gasteiger partial charge in [-0.3, -0.25) is 0 Å². The van der Waals surface area contributed by atoms with Crippen LogP contribution in [0.4, 0.5) is 0 Å². The predicted molar refractivity (Wildman–Crippen MR) is 573 cm³/mol. The van der Waals surface area contributed by atoms with E-state index in [-0.39, 0.29) is 27.1 Å². The first-order valence-corrected chi connectivity index (χ1v) is 49.7. The maximum atomic E-state index is 5.99. The van der Waals surface area contributed by atoms with E-state index in [0.29, 0.717) is 119 Å². The summed E-state index contributed by atoms with van der Waals surface area (Å²) in [4.78, 5) is 0. The Bertz CT molecular complexity index is 6240. The highest BCUT2D eigenvalue weighted by Crippen LogP contribution is 2.59. The van der Waals surface area contributed by atoms with Crippen molar-refractivity contribution in [1.29, 1.82) is 0 Å². The molecule has 0 atom stereocenters. The van der Waals surface area contributed by atoms with Crippen LogP contribution in [0.15, 0.2) is 334 Å². The van der Waals surface area contributed by atoms with Crippen molar-refractivity contribution in [2.24, 2.45) is 0 Å². The van der Waals surface area contributed by atoms with Gasteiger partial charge < -0.3 is 66.3 Å². The summed E-state index contributed by atoms with van der Waals surface area (Å²) in [7, 11) is 8.39. The normalized spacial score (nSPS) is 13.8. The molecule has 0 aromatic heterocycles. The van der Waals surface area contributed by atoms with Crippen LogP contribution in [0.25, 0.3) is 55.6 Å². The molecule has 0 aliphatic heterocycles. The molecule has 0 saturated heterocycles. The average Bonchev–Trinajstić information content (AvgIpc) is 1.59. The molecule has 5 aliphatic carbocycles. The van der Waals surface area contributed by atoms with Gasteiger partial charge in [-0.1, -0.05) is 303 Å². The van der Waals surface area contributed by atoms with Crippen LogP contribution in [0, 0.1) is 34.6 Å². The van der Waals surface area contributed by atoms with E-state index in [1.165, 1.54) is 139 Å². The molecule has 0 radical (unpaired) electrons. The third-order valence-electron chi connectivity index (χ3n) is 29.1. The predicted octanol–water partition coefficient (Wildman–Crippen LogP) is 26.8. The van der Waals surface area contributed by atoms with E-state index in [1.807, 2.05) is 0 Å². The standard InChI is InChI=1S/C28H32O4.2C26H28O3.2C24H24O2/c1-21-20-22(12-13-27(21)32-19-18-31-17-16-30-15-14-29-3)28(2)25-10-6-4-8-23(25)24-9-5-7-11-26(24)28;2*1-19-18-20(12-13-25(19)29-17-16-28-15-14-27-3)26(2)23-10-6-4-8-21(23)22-9-5-7-11-24(22)26;2*1-17-16-18(12-13-23(17)26-15-14-25-3)24(2)21-10-6-4-8-19(21)20-9-5-7-11-22(20)24/h4-13,20H,14-19H2,1-3H3;2*4-13,18H,14-17H2,1-3H3;2*4-13,16H,14-15H2,1-3H3. The number of benzene rings is 15. The molecule has 0 bridgehead atoms. The lowest BCUT2D eigenvalue weighted by Gasteiger charge is -2.29. The van der Waals surface area contributed by atoms with Crippen LogP contribution in [0.1, 0.15) is 146 Å². The van der Waals surface area contributed by atoms with E-state index in [0.717, 1.165) is 56.6 Å². The lowest BCUT2D eigenvalue weighted by Crippen LogP contribution is -2.22. The number of rotatable bonds is 37. The molecular formula is C128H136O14. The Labute approximate surface area is 841 Å². The summed E-state index contributed by atoms with van der Waals surface area (Å²) in [6.45, 7) is 32.5. The number of ether oxygens (including phenoxy) is 14. The van der Waals surface area contributed by atoms with Crippen molar-refractivity contribution in [3.8, 4) is 84.4 Å². The molecule has 20 rings (SSSR count). The van der Waals surface area contributed by atoms with Gasteiger partial charge in [0.2, 0.25) is 0 Å². The molecule has 0 fully saturated rings. The van der Waals surface area contributed by atoms with Crippen LogP contribution < -0.4 is 23.7 Å². The molecule has 0 heterocycles. The zero-order chi connectivity index (χ0) is 99.2. The molecule has 15 aromatic rings. The third-order valence-corrected chi connectivity index (χ3v) is 29.1. The maximum Gasteiger partial charge on any atom is 0.122 e. The average molecular weight is 1900 g/mol. The van der Waals surface area contributed by atoms with Gasteiger partial charge in [0.15, 0.2) is 0 Å². The van der Waals surface area contributed by atoms with E-state index in [9.17, 15) is 0 Å². The second-order valence-corrected chi connectivity index (χ2v) is 37.6. The summed E-state index contributed by atoms with van der Waals surface area (Å²) in [5, 5.41) is 0. The van der Waals surface area contributed by atoms with Crippen molar-refractivity contribution < 1.29 is 66.3 Å². The lowest BCUT2D eigenvalue weighted by atomic mass is 9.74. The SMILES string of the molecule is COCCOCCOCCOc1ccc(C2(C)c3ccccc3-c3ccccc32)cc1C.COCCOCCOc1ccc(C2(C)c3ccccc3-c3ccccc32)cc1C.COCCOCCOc1ccc(C2(C)c3ccccc3-c3ccccc32)cc1C.COCCOc1ccc(C2(C)c3ccccc3-c3ccccc32)cc1C.COCCOc1ccc(C2(C)c3ccccc3-c3ccccc32)cc1C. The fourth-order valence-corrected chi connectivity index (χ4v) is 21.5. The van der Waals surface area contributed by atoms with Crippen LogP contribution in [0.5, 0.6) is 28.7 Å². The second kappa shape index (κ2) is 47.2. The highest BCUT2D eigenvalue weighted by atomic mass is 16.6. The van der Waals surface area contributed by atoms with Crippen LogP contribution in [0.2, 0.25) is 0 Å². The summed E-state index contributed by atoms with van der Waals surface area (Å²) in [6, 6.07) is 120. The number of aryl methyl sites for hydroxylation is 5. The molecule has 142 heavy (non-hydrogen) atoms. The summed E-state index contributed by atoms with van der Waals surface area (Å²) in [5.41, 5.74) is 38.3. The summed E-state index contributed by atoms with van der Waals surface area (Å²) in [5.74, 6) is 4.57. The Morgan fingerprint density at radius 3 is 0.430 bits per heavy atom. The van der Waals surface area contributed by atoms with Gasteiger partial charge in [-0.15, -0.1) is 0 Å². The molecule has 15 aromatic carbocycles. The largest absolute Gasteiger partial charge is 0.491 e. The number of methoxy groups -OCH3 is 5. The van der Waals surface area contributed by atoms with Crippen LogP contribution >= 0.6 is 0 Å². The van der Waals surface area contributed by atoms with Crippen LogP contribution in [0.3, 0.4) is 0 Å². The highest BCUT2D eigenvalue weighted by Gasteiger charge is 2.46. The minimum Gasteiger partial charge on any atom is -0.491 e. The molecule has 5 aliphatic rings. The number of hydrogen-bond donors (Lipinski definition) is 0. The van der Waals surface area contributed by atoms with Crippen molar-refractivity contribution in [3.05, 3.63) is 445 Å². The minimum atomic E-state index is -0.178. The topological polar surface area (TPSA) is 129 Å².